The number of amides is 1. The van der Waals surface area contributed by atoms with Crippen molar-refractivity contribution in [2.24, 2.45) is 0 Å². The monoisotopic (exact) mass is 349 g/mol. The maximum absolute atomic E-state index is 12.6. The average Bonchev–Trinajstić information content (AvgIpc) is 2.90. The molecule has 130 valence electrons. The predicted molar refractivity (Wildman–Crippen MR) is 95.5 cm³/mol. The van der Waals surface area contributed by atoms with Crippen molar-refractivity contribution >= 4 is 17.5 Å². The molecule has 2 aromatic rings. The second-order valence-electron chi connectivity index (χ2n) is 6.37. The van der Waals surface area contributed by atoms with Crippen LogP contribution in [0.3, 0.4) is 0 Å². The Balaban J connectivity index is 2.18. The van der Waals surface area contributed by atoms with Gasteiger partial charge in [-0.05, 0) is 32.6 Å². The van der Waals surface area contributed by atoms with E-state index < -0.39 is 0 Å². The average molecular weight is 350 g/mol. The van der Waals surface area contributed by atoms with Crippen LogP contribution in [0.15, 0.2) is 28.8 Å². The smallest absolute Gasteiger partial charge is 0.256 e. The van der Waals surface area contributed by atoms with Gasteiger partial charge < -0.3 is 14.7 Å². The molecular weight excluding hydrogens is 326 g/mol. The zero-order valence-electron chi connectivity index (χ0n) is 14.8. The summed E-state index contributed by atoms with van der Waals surface area (Å²) in [6.45, 7) is 6.17. The molecule has 1 amide bonds. The molecule has 1 unspecified atom stereocenters. The highest BCUT2D eigenvalue weighted by molar-refractivity contribution is 6.31. The Morgan fingerprint density at radius 2 is 2.00 bits per heavy atom. The molecule has 1 aromatic carbocycles. The van der Waals surface area contributed by atoms with Crippen LogP contribution in [0.1, 0.15) is 53.2 Å². The molecule has 0 aliphatic carbocycles. The molecule has 1 aromatic heterocycles. The number of likely N-dealkylation sites (N-methyl/N-ethyl adjacent to an activating group) is 1. The Morgan fingerprint density at radius 1 is 1.33 bits per heavy atom. The third-order valence-corrected chi connectivity index (χ3v) is 4.33. The first-order valence-corrected chi connectivity index (χ1v) is 8.36. The summed E-state index contributed by atoms with van der Waals surface area (Å²) in [7, 11) is 3.93. The number of aromatic nitrogens is 1. The number of aryl methyl sites for hydroxylation is 1. The number of rotatable bonds is 6. The molecule has 0 spiro atoms. The molecule has 1 heterocycles. The second-order valence-corrected chi connectivity index (χ2v) is 6.78. The van der Waals surface area contributed by atoms with E-state index in [0.29, 0.717) is 28.6 Å². The van der Waals surface area contributed by atoms with Crippen LogP contribution in [0.4, 0.5) is 0 Å². The van der Waals surface area contributed by atoms with Gasteiger partial charge in [-0.3, -0.25) is 4.79 Å². The minimum atomic E-state index is -0.170. The molecule has 24 heavy (non-hydrogen) atoms. The fourth-order valence-electron chi connectivity index (χ4n) is 2.65. The normalized spacial score (nSPS) is 12.7. The Morgan fingerprint density at radius 3 is 2.58 bits per heavy atom. The molecule has 0 bridgehead atoms. The van der Waals surface area contributed by atoms with E-state index in [1.807, 2.05) is 57.1 Å². The molecule has 5 nitrogen and oxygen atoms in total. The summed E-state index contributed by atoms with van der Waals surface area (Å²) in [5.74, 6) is 0.542. The number of carbonyl (C=O) groups is 1. The van der Waals surface area contributed by atoms with Crippen LogP contribution in [0.5, 0.6) is 0 Å². The van der Waals surface area contributed by atoms with Gasteiger partial charge in [-0.25, -0.2) is 0 Å². The lowest BCUT2D eigenvalue weighted by Gasteiger charge is -2.26. The van der Waals surface area contributed by atoms with Gasteiger partial charge in [-0.15, -0.1) is 0 Å². The topological polar surface area (TPSA) is 58.4 Å². The number of nitrogens with zero attached hydrogens (tertiary/aromatic N) is 2. The summed E-state index contributed by atoms with van der Waals surface area (Å²) < 4.78 is 5.29. The van der Waals surface area contributed by atoms with E-state index >= 15 is 0 Å². The first-order valence-electron chi connectivity index (χ1n) is 7.98. The zero-order valence-corrected chi connectivity index (χ0v) is 15.5. The first-order chi connectivity index (χ1) is 11.3. The summed E-state index contributed by atoms with van der Waals surface area (Å²) in [4.78, 5) is 14.7. The summed E-state index contributed by atoms with van der Waals surface area (Å²) >= 11 is 6.31. The number of hydrogen-bond donors (Lipinski definition) is 1. The van der Waals surface area contributed by atoms with Crippen LogP contribution < -0.4 is 5.32 Å². The van der Waals surface area contributed by atoms with E-state index in [9.17, 15) is 4.79 Å². The zero-order chi connectivity index (χ0) is 17.9. The van der Waals surface area contributed by atoms with Crippen LogP contribution in [0, 0.1) is 6.92 Å². The number of halogens is 1. The Labute approximate surface area is 148 Å². The van der Waals surface area contributed by atoms with Gasteiger partial charge in [0.2, 0.25) is 0 Å². The van der Waals surface area contributed by atoms with Crippen molar-refractivity contribution < 1.29 is 9.32 Å². The summed E-state index contributed by atoms with van der Waals surface area (Å²) in [6.07, 6.45) is 0. The van der Waals surface area contributed by atoms with Crippen molar-refractivity contribution in [1.29, 1.82) is 0 Å². The molecule has 0 radical (unpaired) electrons. The van der Waals surface area contributed by atoms with E-state index in [4.69, 9.17) is 16.1 Å². The summed E-state index contributed by atoms with van der Waals surface area (Å²) in [6, 6.07) is 7.65. The van der Waals surface area contributed by atoms with Crippen LogP contribution in [-0.4, -0.2) is 36.6 Å². The number of hydrogen-bond acceptors (Lipinski definition) is 4. The van der Waals surface area contributed by atoms with Crippen molar-refractivity contribution in [3.8, 4) is 0 Å². The Bertz CT molecular complexity index is 710. The van der Waals surface area contributed by atoms with Crippen molar-refractivity contribution in [3.63, 3.8) is 0 Å². The van der Waals surface area contributed by atoms with Crippen LogP contribution in [0.2, 0.25) is 5.02 Å². The SMILES string of the molecule is Cc1noc(C(C)C)c1C(=O)NCC(c1ccccc1Cl)N(C)C. The van der Waals surface area contributed by atoms with E-state index in [-0.39, 0.29) is 17.9 Å². The quantitative estimate of drug-likeness (QED) is 0.861. The van der Waals surface area contributed by atoms with Gasteiger partial charge in [-0.1, -0.05) is 48.8 Å². The molecule has 0 aliphatic heterocycles. The highest BCUT2D eigenvalue weighted by Gasteiger charge is 2.24. The molecule has 2 rings (SSSR count). The van der Waals surface area contributed by atoms with Gasteiger partial charge in [-0.2, -0.15) is 0 Å². The lowest BCUT2D eigenvalue weighted by Crippen LogP contribution is -2.35. The van der Waals surface area contributed by atoms with E-state index in [2.05, 4.69) is 10.5 Å². The number of nitrogens with one attached hydrogen (secondary N) is 1. The molecular formula is C18H24ClN3O2. The Kier molecular flexibility index (Phi) is 6.02. The predicted octanol–water partition coefficient (Wildman–Crippen LogP) is 3.79. The van der Waals surface area contributed by atoms with Crippen molar-refractivity contribution in [2.45, 2.75) is 32.7 Å². The summed E-state index contributed by atoms with van der Waals surface area (Å²) in [5.41, 5.74) is 2.12. The van der Waals surface area contributed by atoms with Crippen molar-refractivity contribution in [3.05, 3.63) is 51.9 Å². The van der Waals surface area contributed by atoms with Gasteiger partial charge in [0.15, 0.2) is 5.76 Å². The van der Waals surface area contributed by atoms with Crippen molar-refractivity contribution in [2.75, 3.05) is 20.6 Å². The third kappa shape index (κ3) is 3.97. The van der Waals surface area contributed by atoms with Crippen LogP contribution in [-0.2, 0) is 0 Å². The fourth-order valence-corrected chi connectivity index (χ4v) is 2.91. The molecule has 0 saturated heterocycles. The van der Waals surface area contributed by atoms with Crippen LogP contribution >= 0.6 is 11.6 Å². The second kappa shape index (κ2) is 7.81. The lowest BCUT2D eigenvalue weighted by molar-refractivity contribution is 0.0939. The third-order valence-electron chi connectivity index (χ3n) is 3.98. The molecule has 1 N–H and O–H groups in total. The highest BCUT2D eigenvalue weighted by Crippen LogP contribution is 2.26. The molecule has 0 fully saturated rings. The van der Waals surface area contributed by atoms with E-state index in [0.717, 1.165) is 5.56 Å². The largest absolute Gasteiger partial charge is 0.360 e. The maximum Gasteiger partial charge on any atom is 0.256 e. The van der Waals surface area contributed by atoms with Gasteiger partial charge >= 0.3 is 0 Å². The maximum atomic E-state index is 12.6. The van der Waals surface area contributed by atoms with Crippen LogP contribution in [0.25, 0.3) is 0 Å². The number of benzene rings is 1. The van der Waals surface area contributed by atoms with Gasteiger partial charge in [0, 0.05) is 17.5 Å². The van der Waals surface area contributed by atoms with E-state index in [1.54, 1.807) is 6.92 Å². The highest BCUT2D eigenvalue weighted by atomic mass is 35.5. The lowest BCUT2D eigenvalue weighted by atomic mass is 10.0. The first kappa shape index (κ1) is 18.5. The summed E-state index contributed by atoms with van der Waals surface area (Å²) in [5, 5.41) is 7.60. The minimum absolute atomic E-state index is 0.0229. The molecule has 0 aliphatic rings. The minimum Gasteiger partial charge on any atom is -0.360 e. The van der Waals surface area contributed by atoms with Gasteiger partial charge in [0.1, 0.15) is 5.56 Å². The Hall–Kier alpha value is -1.85. The molecule has 6 heteroatoms. The van der Waals surface area contributed by atoms with Crippen molar-refractivity contribution in [1.82, 2.24) is 15.4 Å². The number of carbonyl (C=O) groups excluding carboxylic acids is 1. The molecule has 1 atom stereocenters. The standard InChI is InChI=1S/C18H24ClN3O2/c1-11(2)17-16(12(3)21-24-17)18(23)20-10-15(22(4)5)13-8-6-7-9-14(13)19/h6-9,11,15H,10H2,1-5H3,(H,20,23). The fraction of sp³-hybridized carbons (Fsp3) is 0.444. The van der Waals surface area contributed by atoms with Gasteiger partial charge in [0.25, 0.3) is 5.91 Å². The van der Waals surface area contributed by atoms with E-state index in [1.165, 1.54) is 0 Å². The van der Waals surface area contributed by atoms with Gasteiger partial charge in [0.05, 0.1) is 11.7 Å². The molecule has 0 saturated carbocycles.